The highest BCUT2D eigenvalue weighted by molar-refractivity contribution is 9.10. The molecule has 0 fully saturated rings. The van der Waals surface area contributed by atoms with Gasteiger partial charge in [0.25, 0.3) is 0 Å². The van der Waals surface area contributed by atoms with Crippen LogP contribution in [-0.2, 0) is 6.42 Å². The molecule has 0 radical (unpaired) electrons. The lowest BCUT2D eigenvalue weighted by atomic mass is 9.89. The molecule has 1 heterocycles. The van der Waals surface area contributed by atoms with Crippen LogP contribution in [0.25, 0.3) is 10.9 Å². The molecule has 148 valence electrons. The van der Waals surface area contributed by atoms with Crippen LogP contribution in [-0.4, -0.2) is 4.98 Å². The second-order valence-electron chi connectivity index (χ2n) is 7.57. The molecule has 0 spiro atoms. The summed E-state index contributed by atoms with van der Waals surface area (Å²) in [5, 5.41) is 5.33. The molecule has 0 saturated carbocycles. The summed E-state index contributed by atoms with van der Waals surface area (Å²) in [5.74, 6) is 0. The molecule has 0 aliphatic heterocycles. The van der Waals surface area contributed by atoms with Crippen LogP contribution in [0.15, 0.2) is 83.3 Å². The molecule has 1 aromatic heterocycles. The van der Waals surface area contributed by atoms with Crippen LogP contribution in [0.5, 0.6) is 0 Å². The highest BCUT2D eigenvalue weighted by Gasteiger charge is 2.27. The van der Waals surface area contributed by atoms with E-state index in [1.165, 1.54) is 39.7 Å². The summed E-state index contributed by atoms with van der Waals surface area (Å²) >= 11 is 3.63. The van der Waals surface area contributed by atoms with Crippen molar-refractivity contribution in [2.45, 2.75) is 31.3 Å². The van der Waals surface area contributed by atoms with Crippen molar-refractivity contribution in [3.8, 4) is 0 Å². The van der Waals surface area contributed by atoms with Crippen LogP contribution < -0.4 is 5.32 Å². The number of fused-ring (bicyclic) bond motifs is 3. The predicted octanol–water partition coefficient (Wildman–Crippen LogP) is 7.11. The Kier molecular flexibility index (Phi) is 6.09. The first-order chi connectivity index (χ1) is 13.8. The first-order valence-corrected chi connectivity index (χ1v) is 10.7. The molecule has 0 bridgehead atoms. The van der Waals surface area contributed by atoms with E-state index in [-0.39, 0.29) is 18.4 Å². The summed E-state index contributed by atoms with van der Waals surface area (Å²) < 4.78 is 1.14. The van der Waals surface area contributed by atoms with Gasteiger partial charge in [-0.05, 0) is 54.2 Å². The van der Waals surface area contributed by atoms with Crippen molar-refractivity contribution in [2.75, 3.05) is 0 Å². The van der Waals surface area contributed by atoms with Crippen molar-refractivity contribution >= 4 is 39.2 Å². The number of H-pyrrole nitrogens is 1. The Hall–Kier alpha value is -2.07. The summed E-state index contributed by atoms with van der Waals surface area (Å²) in [6, 6.07) is 28.6. The van der Waals surface area contributed by atoms with E-state index < -0.39 is 0 Å². The maximum atomic E-state index is 3.98. The zero-order chi connectivity index (χ0) is 18.9. The third-order valence-electron chi connectivity index (χ3n) is 5.80. The van der Waals surface area contributed by atoms with Crippen molar-refractivity contribution in [3.05, 3.63) is 106 Å². The molecule has 4 heteroatoms. The number of aryl methyl sites for hydroxylation is 1. The average Bonchev–Trinajstić information content (AvgIpc) is 3.12. The lowest BCUT2D eigenvalue weighted by Gasteiger charge is -2.29. The highest BCUT2D eigenvalue weighted by Crippen LogP contribution is 2.37. The first-order valence-electron chi connectivity index (χ1n) is 9.95. The molecule has 4 aromatic rings. The topological polar surface area (TPSA) is 27.8 Å². The van der Waals surface area contributed by atoms with E-state index >= 15 is 0 Å². The molecule has 2 N–H and O–H groups in total. The Morgan fingerprint density at radius 1 is 0.897 bits per heavy atom. The van der Waals surface area contributed by atoms with Crippen LogP contribution in [0.4, 0.5) is 0 Å². The number of aromatic nitrogens is 1. The Bertz CT molecular complexity index is 1050. The average molecular weight is 468 g/mol. The molecule has 29 heavy (non-hydrogen) atoms. The zero-order valence-electron chi connectivity index (χ0n) is 16.1. The molecular formula is C25H24BrClN2. The second-order valence-corrected chi connectivity index (χ2v) is 8.49. The van der Waals surface area contributed by atoms with Gasteiger partial charge in [0.05, 0.1) is 6.04 Å². The fraction of sp³-hybridized carbons (Fsp3) is 0.200. The predicted molar refractivity (Wildman–Crippen MR) is 127 cm³/mol. The van der Waals surface area contributed by atoms with Crippen molar-refractivity contribution in [1.82, 2.24) is 10.3 Å². The van der Waals surface area contributed by atoms with Gasteiger partial charge in [-0.2, -0.15) is 0 Å². The van der Waals surface area contributed by atoms with Crippen LogP contribution >= 0.6 is 28.3 Å². The van der Waals surface area contributed by atoms with E-state index in [1.807, 2.05) is 0 Å². The maximum absolute atomic E-state index is 3.98. The molecule has 1 aliphatic rings. The van der Waals surface area contributed by atoms with Crippen molar-refractivity contribution in [2.24, 2.45) is 0 Å². The molecule has 5 rings (SSSR count). The van der Waals surface area contributed by atoms with E-state index in [1.54, 1.807) is 0 Å². The Morgan fingerprint density at radius 2 is 1.55 bits per heavy atom. The number of hydrogen-bond acceptors (Lipinski definition) is 1. The third kappa shape index (κ3) is 4.00. The number of rotatable bonds is 4. The SMILES string of the molecule is Brc1ccc2[nH]c3c(c2c1)CCCC3NC(c1ccccc1)c1ccccc1.Cl. The maximum Gasteiger partial charge on any atom is 0.0581 e. The smallest absolute Gasteiger partial charge is 0.0581 e. The van der Waals surface area contributed by atoms with Gasteiger partial charge in [0, 0.05) is 27.1 Å². The van der Waals surface area contributed by atoms with Gasteiger partial charge in [0.1, 0.15) is 0 Å². The Labute approximate surface area is 186 Å². The summed E-state index contributed by atoms with van der Waals surface area (Å²) in [6.07, 6.45) is 3.50. The molecule has 2 nitrogen and oxygen atoms in total. The van der Waals surface area contributed by atoms with Gasteiger partial charge >= 0.3 is 0 Å². The minimum absolute atomic E-state index is 0. The van der Waals surface area contributed by atoms with Gasteiger partial charge in [-0.3, -0.25) is 5.32 Å². The summed E-state index contributed by atoms with van der Waals surface area (Å²) in [6.45, 7) is 0. The summed E-state index contributed by atoms with van der Waals surface area (Å²) in [4.78, 5) is 3.72. The standard InChI is InChI=1S/C25H23BrN2.ClH/c26-19-14-15-22-21(16-19)20-12-7-13-23(25(20)27-22)28-24(17-8-3-1-4-9-17)18-10-5-2-6-11-18;/h1-6,8-11,14-16,23-24,27-28H,7,12-13H2;1H. The molecule has 0 saturated heterocycles. The number of hydrogen-bond donors (Lipinski definition) is 2. The number of aromatic amines is 1. The normalized spacial score (nSPS) is 15.9. The van der Waals surface area contributed by atoms with Gasteiger partial charge in [-0.25, -0.2) is 0 Å². The lowest BCUT2D eigenvalue weighted by molar-refractivity contribution is 0.422. The van der Waals surface area contributed by atoms with E-state index in [0.717, 1.165) is 17.3 Å². The molecule has 1 aliphatic carbocycles. The van der Waals surface area contributed by atoms with E-state index in [4.69, 9.17) is 0 Å². The van der Waals surface area contributed by atoms with Crippen LogP contribution in [0.2, 0.25) is 0 Å². The van der Waals surface area contributed by atoms with Crippen molar-refractivity contribution in [3.63, 3.8) is 0 Å². The van der Waals surface area contributed by atoms with Crippen LogP contribution in [0.1, 0.15) is 47.3 Å². The molecule has 1 unspecified atom stereocenters. The molecule has 3 aromatic carbocycles. The number of benzene rings is 3. The van der Waals surface area contributed by atoms with Gasteiger partial charge in [0.2, 0.25) is 0 Å². The largest absolute Gasteiger partial charge is 0.357 e. The van der Waals surface area contributed by atoms with Crippen molar-refractivity contribution < 1.29 is 0 Å². The minimum atomic E-state index is 0. The zero-order valence-corrected chi connectivity index (χ0v) is 18.5. The first kappa shape index (κ1) is 20.2. The highest BCUT2D eigenvalue weighted by atomic mass is 79.9. The fourth-order valence-corrected chi connectivity index (χ4v) is 4.84. The number of halogens is 2. The molecule has 0 amide bonds. The van der Waals surface area contributed by atoms with Gasteiger partial charge in [0.15, 0.2) is 0 Å². The Morgan fingerprint density at radius 3 is 2.21 bits per heavy atom. The Balaban J connectivity index is 0.00000205. The summed E-state index contributed by atoms with van der Waals surface area (Å²) in [5.41, 5.74) is 6.67. The minimum Gasteiger partial charge on any atom is -0.357 e. The quantitative estimate of drug-likeness (QED) is 0.329. The summed E-state index contributed by atoms with van der Waals surface area (Å²) in [7, 11) is 0. The van der Waals surface area contributed by atoms with Crippen molar-refractivity contribution in [1.29, 1.82) is 0 Å². The van der Waals surface area contributed by atoms with Crippen LogP contribution in [0, 0.1) is 0 Å². The second kappa shape index (κ2) is 8.74. The van der Waals surface area contributed by atoms with Gasteiger partial charge in [-0.15, -0.1) is 12.4 Å². The number of nitrogens with one attached hydrogen (secondary N) is 2. The van der Waals surface area contributed by atoms with E-state index in [9.17, 15) is 0 Å². The van der Waals surface area contributed by atoms with E-state index in [0.29, 0.717) is 6.04 Å². The molecular weight excluding hydrogens is 444 g/mol. The van der Waals surface area contributed by atoms with Crippen LogP contribution in [0.3, 0.4) is 0 Å². The molecule has 1 atom stereocenters. The lowest BCUT2D eigenvalue weighted by Crippen LogP contribution is -2.30. The fourth-order valence-electron chi connectivity index (χ4n) is 4.48. The monoisotopic (exact) mass is 466 g/mol. The van der Waals surface area contributed by atoms with Gasteiger partial charge in [-0.1, -0.05) is 76.6 Å². The van der Waals surface area contributed by atoms with Gasteiger partial charge < -0.3 is 4.98 Å². The van der Waals surface area contributed by atoms with E-state index in [2.05, 4.69) is 105 Å². The third-order valence-corrected chi connectivity index (χ3v) is 6.30.